The minimum absolute atomic E-state index is 0.523. The molecule has 3 aliphatic rings. The van der Waals surface area contributed by atoms with Crippen LogP contribution < -0.4 is 20.9 Å². The molecule has 0 radical (unpaired) electrons. The molecule has 3 fully saturated rings. The van der Waals surface area contributed by atoms with Crippen LogP contribution in [-0.2, 0) is 11.3 Å². The minimum atomic E-state index is 0.523. The summed E-state index contributed by atoms with van der Waals surface area (Å²) in [6.07, 6.45) is 11.9. The smallest absolute Gasteiger partial charge is 0.212 e. The van der Waals surface area contributed by atoms with Crippen molar-refractivity contribution in [3.63, 3.8) is 0 Å². The highest BCUT2D eigenvalue weighted by Gasteiger charge is 2.26. The Morgan fingerprint density at radius 2 is 1.79 bits per heavy atom. The SMILES string of the molecule is Clc1cccc(C2CC2)c1.O=CNc1cc(NCc2cn3cc(C4CC4)cc(N4CCNCC4)c3n2)ccn1. The normalized spacial score (nSPS) is 16.9. The van der Waals surface area contributed by atoms with Crippen molar-refractivity contribution in [1.82, 2.24) is 19.7 Å². The minimum Gasteiger partial charge on any atom is -0.379 e. The van der Waals surface area contributed by atoms with E-state index in [1.54, 1.807) is 6.20 Å². The summed E-state index contributed by atoms with van der Waals surface area (Å²) in [5.74, 6) is 2.04. The average molecular weight is 544 g/mol. The van der Waals surface area contributed by atoms with Crippen molar-refractivity contribution in [3.05, 3.63) is 82.9 Å². The number of piperazine rings is 1. The number of nitrogens with one attached hydrogen (secondary N) is 3. The van der Waals surface area contributed by atoms with Gasteiger partial charge in [0.1, 0.15) is 5.82 Å². The Kier molecular flexibility index (Phi) is 7.65. The molecule has 39 heavy (non-hydrogen) atoms. The van der Waals surface area contributed by atoms with Gasteiger partial charge in [-0.05, 0) is 72.9 Å². The maximum Gasteiger partial charge on any atom is 0.212 e. The maximum atomic E-state index is 10.6. The van der Waals surface area contributed by atoms with Crippen molar-refractivity contribution in [2.75, 3.05) is 41.7 Å². The van der Waals surface area contributed by atoms with Gasteiger partial charge in [-0.1, -0.05) is 23.7 Å². The Balaban J connectivity index is 0.000000231. The summed E-state index contributed by atoms with van der Waals surface area (Å²) in [6.45, 7) is 4.63. The van der Waals surface area contributed by atoms with E-state index in [0.717, 1.165) is 54.1 Å². The maximum absolute atomic E-state index is 10.6. The zero-order valence-electron chi connectivity index (χ0n) is 21.9. The lowest BCUT2D eigenvalue weighted by Crippen LogP contribution is -2.43. The molecule has 202 valence electrons. The summed E-state index contributed by atoms with van der Waals surface area (Å²) < 4.78 is 2.19. The number of hydrogen-bond acceptors (Lipinski definition) is 6. The van der Waals surface area contributed by atoms with Crippen molar-refractivity contribution in [2.24, 2.45) is 0 Å². The highest BCUT2D eigenvalue weighted by atomic mass is 35.5. The predicted octanol–water partition coefficient (Wildman–Crippen LogP) is 5.41. The Morgan fingerprint density at radius 3 is 2.54 bits per heavy atom. The molecule has 2 saturated carbocycles. The van der Waals surface area contributed by atoms with Crippen molar-refractivity contribution in [2.45, 2.75) is 44.1 Å². The molecule has 1 aliphatic heterocycles. The van der Waals surface area contributed by atoms with Crippen LogP contribution in [0.2, 0.25) is 5.02 Å². The number of hydrogen-bond donors (Lipinski definition) is 3. The lowest BCUT2D eigenvalue weighted by molar-refractivity contribution is -0.105. The number of fused-ring (bicyclic) bond motifs is 1. The van der Waals surface area contributed by atoms with Gasteiger partial charge in [0.25, 0.3) is 0 Å². The summed E-state index contributed by atoms with van der Waals surface area (Å²) >= 11 is 5.82. The summed E-state index contributed by atoms with van der Waals surface area (Å²) in [5, 5.41) is 10.2. The number of benzene rings is 1. The van der Waals surface area contributed by atoms with Gasteiger partial charge in [0.15, 0.2) is 5.65 Å². The van der Waals surface area contributed by atoms with Gasteiger partial charge in [0.05, 0.1) is 17.9 Å². The quantitative estimate of drug-likeness (QED) is 0.257. The highest BCUT2D eigenvalue weighted by Crippen LogP contribution is 2.42. The van der Waals surface area contributed by atoms with E-state index in [-0.39, 0.29) is 0 Å². The third-order valence-corrected chi connectivity index (χ3v) is 7.68. The van der Waals surface area contributed by atoms with Crippen LogP contribution in [0.15, 0.2) is 61.1 Å². The van der Waals surface area contributed by atoms with E-state index in [1.165, 1.54) is 42.5 Å². The standard InChI is InChI=1S/C21H25N7O.C9H9Cl/c29-14-25-20-10-17(3-4-23-20)24-11-18-13-28-12-16(15-1-2-15)9-19(21(28)26-18)27-7-5-22-6-8-27;10-9-3-1-2-8(6-9)7-4-5-7/h3-4,9-10,12-15,22H,1-2,5-8,11H2,(H2,23,24,25,29);1-3,6-7H,4-5H2. The molecule has 0 bridgehead atoms. The monoisotopic (exact) mass is 543 g/mol. The van der Waals surface area contributed by atoms with Crippen LogP contribution in [0, 0.1) is 0 Å². The van der Waals surface area contributed by atoms with Gasteiger partial charge in [-0.3, -0.25) is 4.79 Å². The topological polar surface area (TPSA) is 86.6 Å². The molecule has 9 heteroatoms. The van der Waals surface area contributed by atoms with Gasteiger partial charge in [-0.15, -0.1) is 0 Å². The molecule has 0 spiro atoms. The van der Waals surface area contributed by atoms with E-state index >= 15 is 0 Å². The van der Waals surface area contributed by atoms with E-state index < -0.39 is 0 Å². The number of pyridine rings is 2. The highest BCUT2D eigenvalue weighted by molar-refractivity contribution is 6.30. The number of halogens is 1. The fraction of sp³-hybridized carbons (Fsp3) is 0.367. The Morgan fingerprint density at radius 1 is 1.00 bits per heavy atom. The molecule has 8 nitrogen and oxygen atoms in total. The molecule has 4 heterocycles. The summed E-state index contributed by atoms with van der Waals surface area (Å²) in [5.41, 5.74) is 6.96. The van der Waals surface area contributed by atoms with Gasteiger partial charge in [-0.2, -0.15) is 0 Å². The molecule has 3 N–H and O–H groups in total. The molecule has 0 atom stereocenters. The van der Waals surface area contributed by atoms with Gasteiger partial charge < -0.3 is 25.3 Å². The Hall–Kier alpha value is -3.62. The van der Waals surface area contributed by atoms with Gasteiger partial charge in [0, 0.05) is 61.5 Å². The lowest BCUT2D eigenvalue weighted by atomic mass is 10.1. The van der Waals surface area contributed by atoms with Gasteiger partial charge >= 0.3 is 0 Å². The first-order valence-electron chi connectivity index (χ1n) is 13.8. The van der Waals surface area contributed by atoms with Gasteiger partial charge in [0.2, 0.25) is 6.41 Å². The van der Waals surface area contributed by atoms with Crippen LogP contribution in [-0.4, -0.2) is 47.0 Å². The van der Waals surface area contributed by atoms with Crippen LogP contribution in [0.1, 0.15) is 54.3 Å². The fourth-order valence-electron chi connectivity index (χ4n) is 5.07. The molecule has 2 aliphatic carbocycles. The van der Waals surface area contributed by atoms with E-state index in [2.05, 4.69) is 60.8 Å². The first kappa shape index (κ1) is 25.6. The van der Waals surface area contributed by atoms with Crippen molar-refractivity contribution in [3.8, 4) is 0 Å². The third-order valence-electron chi connectivity index (χ3n) is 7.45. The number of nitrogens with zero attached hydrogens (tertiary/aromatic N) is 4. The number of aromatic nitrogens is 3. The molecule has 0 unspecified atom stereocenters. The van der Waals surface area contributed by atoms with Crippen molar-refractivity contribution in [1.29, 1.82) is 0 Å². The lowest BCUT2D eigenvalue weighted by Gasteiger charge is -2.30. The summed E-state index contributed by atoms with van der Waals surface area (Å²) in [4.78, 5) is 22.1. The Labute approximate surface area is 233 Å². The zero-order valence-corrected chi connectivity index (χ0v) is 22.7. The number of carbonyl (C=O) groups is 1. The first-order chi connectivity index (χ1) is 19.2. The second kappa shape index (κ2) is 11.6. The molecule has 1 aromatic carbocycles. The molecule has 3 aromatic heterocycles. The third kappa shape index (κ3) is 6.52. The first-order valence-corrected chi connectivity index (χ1v) is 14.2. The summed E-state index contributed by atoms with van der Waals surface area (Å²) in [7, 11) is 0. The molecule has 4 aromatic rings. The molecule has 1 amide bonds. The summed E-state index contributed by atoms with van der Waals surface area (Å²) in [6, 6.07) is 14.2. The fourth-order valence-corrected chi connectivity index (χ4v) is 5.26. The van der Waals surface area contributed by atoms with Crippen LogP contribution in [0.3, 0.4) is 0 Å². The van der Waals surface area contributed by atoms with Crippen molar-refractivity contribution < 1.29 is 4.79 Å². The Bertz CT molecular complexity index is 1440. The largest absolute Gasteiger partial charge is 0.379 e. The molecule has 1 saturated heterocycles. The van der Waals surface area contributed by atoms with E-state index in [1.807, 2.05) is 24.3 Å². The van der Waals surface area contributed by atoms with E-state index in [0.29, 0.717) is 24.7 Å². The number of imidazole rings is 1. The zero-order chi connectivity index (χ0) is 26.6. The van der Waals surface area contributed by atoms with E-state index in [4.69, 9.17) is 16.6 Å². The average Bonchev–Trinajstić information content (AvgIpc) is 3.89. The van der Waals surface area contributed by atoms with Crippen molar-refractivity contribution >= 4 is 40.9 Å². The van der Waals surface area contributed by atoms with Gasteiger partial charge in [-0.25, -0.2) is 9.97 Å². The van der Waals surface area contributed by atoms with Crippen LogP contribution in [0.25, 0.3) is 5.65 Å². The number of amides is 1. The van der Waals surface area contributed by atoms with Crippen LogP contribution in [0.4, 0.5) is 17.2 Å². The van der Waals surface area contributed by atoms with E-state index in [9.17, 15) is 4.79 Å². The van der Waals surface area contributed by atoms with Crippen LogP contribution in [0.5, 0.6) is 0 Å². The molecule has 7 rings (SSSR count). The van der Waals surface area contributed by atoms with Crippen LogP contribution >= 0.6 is 11.6 Å². The number of rotatable bonds is 8. The number of anilines is 3. The second-order valence-electron chi connectivity index (χ2n) is 10.5. The molecular formula is C30H34ClN7O. The second-order valence-corrected chi connectivity index (χ2v) is 10.9. The number of carbonyl (C=O) groups excluding carboxylic acids is 1. The molecular weight excluding hydrogens is 510 g/mol. The predicted molar refractivity (Wildman–Crippen MR) is 157 cm³/mol.